The van der Waals surface area contributed by atoms with Crippen molar-refractivity contribution in [3.63, 3.8) is 0 Å². The van der Waals surface area contributed by atoms with Crippen LogP contribution in [0.4, 0.5) is 0 Å². The van der Waals surface area contributed by atoms with Crippen LogP contribution in [-0.4, -0.2) is 52.0 Å². The highest BCUT2D eigenvalue weighted by atomic mass is 32.2. The van der Waals surface area contributed by atoms with Crippen molar-refractivity contribution < 1.29 is 26.8 Å². The summed E-state index contributed by atoms with van der Waals surface area (Å²) in [6, 6.07) is 0. The zero-order chi connectivity index (χ0) is 14.3. The Bertz CT molecular complexity index is 436. The van der Waals surface area contributed by atoms with Crippen molar-refractivity contribution >= 4 is 10.1 Å². The fraction of sp³-hybridized carbons (Fsp3) is 1.00. The molecule has 2 aliphatic heterocycles. The van der Waals surface area contributed by atoms with Crippen LogP contribution in [0.15, 0.2) is 0 Å². The number of ether oxygens (including phenoxy) is 3. The lowest BCUT2D eigenvalue weighted by Gasteiger charge is -2.44. The highest BCUT2D eigenvalue weighted by Gasteiger charge is 2.54. The van der Waals surface area contributed by atoms with E-state index in [2.05, 4.69) is 0 Å². The molecule has 0 spiro atoms. The van der Waals surface area contributed by atoms with Gasteiger partial charge in [-0.3, -0.25) is 4.18 Å². The lowest BCUT2D eigenvalue weighted by atomic mass is 9.91. The van der Waals surface area contributed by atoms with Gasteiger partial charge >= 0.3 is 0 Å². The molecule has 2 fully saturated rings. The van der Waals surface area contributed by atoms with Gasteiger partial charge in [0.2, 0.25) is 0 Å². The van der Waals surface area contributed by atoms with E-state index in [1.807, 2.05) is 6.92 Å². The van der Waals surface area contributed by atoms with E-state index in [0.717, 1.165) is 19.1 Å². The molecule has 112 valence electrons. The van der Waals surface area contributed by atoms with Crippen LogP contribution in [0.1, 0.15) is 33.1 Å². The molecule has 19 heavy (non-hydrogen) atoms. The topological polar surface area (TPSA) is 71.1 Å². The molecule has 2 heterocycles. The van der Waals surface area contributed by atoms with Gasteiger partial charge in [0, 0.05) is 20.0 Å². The van der Waals surface area contributed by atoms with E-state index in [0.29, 0.717) is 13.0 Å². The molecule has 2 bridgehead atoms. The second-order valence-corrected chi connectivity index (χ2v) is 7.28. The van der Waals surface area contributed by atoms with Gasteiger partial charge in [-0.2, -0.15) is 8.42 Å². The Kier molecular flexibility index (Phi) is 3.97. The Labute approximate surface area is 114 Å². The van der Waals surface area contributed by atoms with E-state index < -0.39 is 27.6 Å². The number of hydrogen-bond acceptors (Lipinski definition) is 6. The van der Waals surface area contributed by atoms with Crippen molar-refractivity contribution in [2.24, 2.45) is 0 Å². The van der Waals surface area contributed by atoms with Crippen molar-refractivity contribution in [1.29, 1.82) is 0 Å². The van der Waals surface area contributed by atoms with Crippen molar-refractivity contribution in [3.05, 3.63) is 0 Å². The first kappa shape index (κ1) is 15.2. The average molecular weight is 294 g/mol. The molecule has 0 aromatic rings. The first-order chi connectivity index (χ1) is 8.68. The third kappa shape index (κ3) is 3.28. The Hall–Kier alpha value is -0.210. The summed E-state index contributed by atoms with van der Waals surface area (Å²) >= 11 is 0. The van der Waals surface area contributed by atoms with Gasteiger partial charge in [-0.1, -0.05) is 0 Å². The molecule has 4 atom stereocenters. The molecular formula is C12H22O6S. The van der Waals surface area contributed by atoms with E-state index in [4.69, 9.17) is 18.4 Å². The molecule has 2 rings (SSSR count). The minimum Gasteiger partial charge on any atom is -0.367 e. The largest absolute Gasteiger partial charge is 0.367 e. The van der Waals surface area contributed by atoms with Gasteiger partial charge in [0.25, 0.3) is 10.1 Å². The Balaban J connectivity index is 2.01. The summed E-state index contributed by atoms with van der Waals surface area (Å²) in [4.78, 5) is 0. The van der Waals surface area contributed by atoms with Crippen LogP contribution >= 0.6 is 0 Å². The Morgan fingerprint density at radius 1 is 1.47 bits per heavy atom. The molecule has 0 aliphatic carbocycles. The van der Waals surface area contributed by atoms with Crippen LogP contribution in [0.2, 0.25) is 0 Å². The van der Waals surface area contributed by atoms with E-state index in [-0.39, 0.29) is 6.10 Å². The molecule has 0 aromatic carbocycles. The molecule has 0 aromatic heterocycles. The van der Waals surface area contributed by atoms with Crippen LogP contribution < -0.4 is 0 Å². The normalized spacial score (nSPS) is 40.3. The quantitative estimate of drug-likeness (QED) is 0.706. The number of rotatable bonds is 5. The van der Waals surface area contributed by atoms with Crippen molar-refractivity contribution in [3.8, 4) is 0 Å². The van der Waals surface area contributed by atoms with Gasteiger partial charge in [0.1, 0.15) is 6.61 Å². The molecule has 0 saturated carbocycles. The second kappa shape index (κ2) is 4.96. The molecule has 2 saturated heterocycles. The maximum absolute atomic E-state index is 11.1. The van der Waals surface area contributed by atoms with Crippen molar-refractivity contribution in [1.82, 2.24) is 0 Å². The van der Waals surface area contributed by atoms with Gasteiger partial charge in [-0.25, -0.2) is 0 Å². The number of hydrogen-bond donors (Lipinski definition) is 0. The lowest BCUT2D eigenvalue weighted by molar-refractivity contribution is -0.321. The van der Waals surface area contributed by atoms with Crippen molar-refractivity contribution in [2.75, 3.05) is 20.0 Å². The Morgan fingerprint density at radius 2 is 2.16 bits per heavy atom. The molecular weight excluding hydrogens is 272 g/mol. The molecule has 4 unspecified atom stereocenters. The predicted molar refractivity (Wildman–Crippen MR) is 68.2 cm³/mol. The molecule has 0 radical (unpaired) electrons. The third-order valence-electron chi connectivity index (χ3n) is 3.85. The SMILES string of the molecule is COC12CCC(O1)C(C)(CC(C)OS(C)(=O)=O)OC2. The summed E-state index contributed by atoms with van der Waals surface area (Å²) in [6.07, 6.45) is 2.62. The summed E-state index contributed by atoms with van der Waals surface area (Å²) in [5.74, 6) is -0.620. The predicted octanol–water partition coefficient (Wildman–Crippen LogP) is 1.05. The summed E-state index contributed by atoms with van der Waals surface area (Å²) in [5.41, 5.74) is -0.539. The molecule has 0 N–H and O–H groups in total. The monoisotopic (exact) mass is 294 g/mol. The summed E-state index contributed by atoms with van der Waals surface area (Å²) in [6.45, 7) is 4.02. The number of methoxy groups -OCH3 is 1. The zero-order valence-electron chi connectivity index (χ0n) is 11.8. The van der Waals surface area contributed by atoms with E-state index in [1.54, 1.807) is 14.0 Å². The summed E-state index contributed by atoms with van der Waals surface area (Å²) < 4.78 is 44.4. The van der Waals surface area contributed by atoms with Gasteiger partial charge in [0.15, 0.2) is 5.79 Å². The minimum atomic E-state index is -3.45. The van der Waals surface area contributed by atoms with E-state index in [9.17, 15) is 8.42 Å². The third-order valence-corrected chi connectivity index (χ3v) is 4.53. The standard InChI is InChI=1S/C12H22O6S/c1-9(18-19(4,13)14)7-11(2)10-5-6-12(15-3,17-10)8-16-11/h9-10H,5-8H2,1-4H3. The maximum atomic E-state index is 11.1. The lowest BCUT2D eigenvalue weighted by Crippen LogP contribution is -2.54. The maximum Gasteiger partial charge on any atom is 0.264 e. The van der Waals surface area contributed by atoms with Gasteiger partial charge in [0.05, 0.1) is 24.1 Å². The summed E-state index contributed by atoms with van der Waals surface area (Å²) in [7, 11) is -1.84. The Morgan fingerprint density at radius 3 is 2.74 bits per heavy atom. The van der Waals surface area contributed by atoms with Gasteiger partial charge < -0.3 is 14.2 Å². The van der Waals surface area contributed by atoms with Crippen LogP contribution in [-0.2, 0) is 28.5 Å². The summed E-state index contributed by atoms with van der Waals surface area (Å²) in [5, 5.41) is 0. The first-order valence-corrected chi connectivity index (χ1v) is 8.25. The highest BCUT2D eigenvalue weighted by molar-refractivity contribution is 7.86. The van der Waals surface area contributed by atoms with Crippen molar-refractivity contribution in [2.45, 2.75) is 56.7 Å². The molecule has 0 amide bonds. The van der Waals surface area contributed by atoms with Gasteiger partial charge in [-0.05, 0) is 20.3 Å². The highest BCUT2D eigenvalue weighted by Crippen LogP contribution is 2.44. The van der Waals surface area contributed by atoms with Crippen LogP contribution in [0.25, 0.3) is 0 Å². The fourth-order valence-electron chi connectivity index (χ4n) is 2.93. The van der Waals surface area contributed by atoms with Crippen LogP contribution in [0.5, 0.6) is 0 Å². The average Bonchev–Trinajstić information content (AvgIpc) is 2.64. The first-order valence-electron chi connectivity index (χ1n) is 6.43. The minimum absolute atomic E-state index is 0.0909. The molecule has 7 heteroatoms. The second-order valence-electron chi connectivity index (χ2n) is 5.68. The van der Waals surface area contributed by atoms with Crippen LogP contribution in [0, 0.1) is 0 Å². The van der Waals surface area contributed by atoms with Gasteiger partial charge in [-0.15, -0.1) is 0 Å². The zero-order valence-corrected chi connectivity index (χ0v) is 12.7. The van der Waals surface area contributed by atoms with Crippen LogP contribution in [0.3, 0.4) is 0 Å². The molecule has 6 nitrogen and oxygen atoms in total. The number of fused-ring (bicyclic) bond motifs is 2. The van der Waals surface area contributed by atoms with E-state index >= 15 is 0 Å². The van der Waals surface area contributed by atoms with E-state index in [1.165, 1.54) is 0 Å². The smallest absolute Gasteiger partial charge is 0.264 e. The fourth-order valence-corrected chi connectivity index (χ4v) is 3.60. The molecule has 2 aliphatic rings.